The van der Waals surface area contributed by atoms with Gasteiger partial charge in [0, 0.05) is 43.2 Å². The summed E-state index contributed by atoms with van der Waals surface area (Å²) in [5.41, 5.74) is 2.64. The number of hydrogen-bond acceptors (Lipinski definition) is 4. The zero-order valence-electron chi connectivity index (χ0n) is 12.0. The zero-order chi connectivity index (χ0) is 14.5. The summed E-state index contributed by atoms with van der Waals surface area (Å²) in [4.78, 5) is 16.5. The molecule has 108 valence electrons. The number of thiazole rings is 1. The second-order valence-corrected chi connectivity index (χ2v) is 5.41. The lowest BCUT2D eigenvalue weighted by atomic mass is 10.2. The number of aryl methyl sites for hydroxylation is 1. The first-order chi connectivity index (χ1) is 9.65. The van der Waals surface area contributed by atoms with Gasteiger partial charge in [-0.2, -0.15) is 0 Å². The Morgan fingerprint density at radius 2 is 2.30 bits per heavy atom. The van der Waals surface area contributed by atoms with Crippen molar-refractivity contribution in [1.82, 2.24) is 14.9 Å². The number of rotatable bonds is 6. The summed E-state index contributed by atoms with van der Waals surface area (Å²) < 4.78 is 6.97. The molecule has 1 N–H and O–H groups in total. The van der Waals surface area contributed by atoms with Crippen LogP contribution in [-0.4, -0.2) is 35.7 Å². The molecule has 0 radical (unpaired) electrons. The molecule has 0 fully saturated rings. The molecule has 0 spiro atoms. The van der Waals surface area contributed by atoms with Crippen molar-refractivity contribution in [3.8, 4) is 5.13 Å². The van der Waals surface area contributed by atoms with Crippen LogP contribution in [0.5, 0.6) is 0 Å². The van der Waals surface area contributed by atoms with Gasteiger partial charge in [0.25, 0.3) is 5.91 Å². The van der Waals surface area contributed by atoms with Crippen molar-refractivity contribution >= 4 is 17.2 Å². The first-order valence-electron chi connectivity index (χ1n) is 6.51. The minimum Gasteiger partial charge on any atom is -0.385 e. The number of carbonyl (C=O) groups is 1. The van der Waals surface area contributed by atoms with E-state index in [-0.39, 0.29) is 5.91 Å². The first-order valence-corrected chi connectivity index (χ1v) is 7.39. The fourth-order valence-electron chi connectivity index (χ4n) is 2.13. The maximum absolute atomic E-state index is 12.2. The molecule has 5 nitrogen and oxygen atoms in total. The van der Waals surface area contributed by atoms with E-state index in [4.69, 9.17) is 4.74 Å². The number of methoxy groups -OCH3 is 1. The van der Waals surface area contributed by atoms with Crippen LogP contribution in [0.2, 0.25) is 0 Å². The third-order valence-electron chi connectivity index (χ3n) is 3.10. The molecule has 0 unspecified atom stereocenters. The highest BCUT2D eigenvalue weighted by Crippen LogP contribution is 2.22. The fourth-order valence-corrected chi connectivity index (χ4v) is 2.88. The molecule has 2 aromatic heterocycles. The highest BCUT2D eigenvalue weighted by Gasteiger charge is 2.17. The number of ether oxygens (including phenoxy) is 1. The van der Waals surface area contributed by atoms with Crippen LogP contribution in [0.3, 0.4) is 0 Å². The van der Waals surface area contributed by atoms with Crippen LogP contribution < -0.4 is 5.32 Å². The average Bonchev–Trinajstić information content (AvgIpc) is 3.03. The highest BCUT2D eigenvalue weighted by molar-refractivity contribution is 7.12. The van der Waals surface area contributed by atoms with Gasteiger partial charge in [0.2, 0.25) is 0 Å². The third kappa shape index (κ3) is 3.08. The van der Waals surface area contributed by atoms with Gasteiger partial charge in [-0.3, -0.25) is 9.36 Å². The molecule has 0 bridgehead atoms. The minimum atomic E-state index is -0.0444. The lowest BCUT2D eigenvalue weighted by Crippen LogP contribution is -2.25. The van der Waals surface area contributed by atoms with E-state index in [2.05, 4.69) is 10.3 Å². The van der Waals surface area contributed by atoms with Crippen molar-refractivity contribution in [3.05, 3.63) is 34.6 Å². The van der Waals surface area contributed by atoms with Gasteiger partial charge >= 0.3 is 0 Å². The number of aromatic nitrogens is 2. The second-order valence-electron chi connectivity index (χ2n) is 4.54. The van der Waals surface area contributed by atoms with E-state index in [9.17, 15) is 4.79 Å². The third-order valence-corrected chi connectivity index (χ3v) is 3.85. The molecule has 2 aromatic rings. The molecule has 1 amide bonds. The maximum atomic E-state index is 12.2. The largest absolute Gasteiger partial charge is 0.385 e. The summed E-state index contributed by atoms with van der Waals surface area (Å²) in [6, 6.07) is 1.91. The molecule has 0 aliphatic carbocycles. The molecule has 0 aliphatic rings. The summed E-state index contributed by atoms with van der Waals surface area (Å²) >= 11 is 1.56. The van der Waals surface area contributed by atoms with Crippen LogP contribution in [0.25, 0.3) is 5.13 Å². The van der Waals surface area contributed by atoms with E-state index >= 15 is 0 Å². The molecule has 0 atom stereocenters. The normalized spacial score (nSPS) is 10.8. The van der Waals surface area contributed by atoms with E-state index in [1.54, 1.807) is 24.6 Å². The summed E-state index contributed by atoms with van der Waals surface area (Å²) in [6.07, 6.45) is 2.58. The number of amides is 1. The monoisotopic (exact) mass is 293 g/mol. The Bertz CT molecular complexity index is 576. The van der Waals surface area contributed by atoms with Gasteiger partial charge in [-0.15, -0.1) is 11.3 Å². The number of hydrogen-bond donors (Lipinski definition) is 1. The molecule has 2 heterocycles. The second kappa shape index (κ2) is 6.67. The smallest absolute Gasteiger partial charge is 0.253 e. The zero-order valence-corrected chi connectivity index (χ0v) is 12.8. The van der Waals surface area contributed by atoms with Gasteiger partial charge in [0.15, 0.2) is 5.13 Å². The van der Waals surface area contributed by atoms with E-state index in [1.165, 1.54) is 0 Å². The van der Waals surface area contributed by atoms with Crippen LogP contribution >= 0.6 is 11.3 Å². The summed E-state index contributed by atoms with van der Waals surface area (Å²) in [6.45, 7) is 5.20. The Balaban J connectivity index is 2.13. The number of nitrogens with one attached hydrogen (secondary N) is 1. The Hall–Kier alpha value is -1.66. The SMILES string of the molecule is COCCCNC(=O)c1cc(C)n(-c2nccs2)c1C. The van der Waals surface area contributed by atoms with Gasteiger partial charge in [-0.25, -0.2) is 4.98 Å². The standard InChI is InChI=1S/C14H19N3O2S/c1-10-9-12(13(18)15-5-4-7-19-3)11(2)17(10)14-16-6-8-20-14/h6,8-9H,4-5,7H2,1-3H3,(H,15,18). The minimum absolute atomic E-state index is 0.0444. The van der Waals surface area contributed by atoms with Gasteiger partial charge in [-0.1, -0.05) is 0 Å². The van der Waals surface area contributed by atoms with E-state index < -0.39 is 0 Å². The van der Waals surface area contributed by atoms with Crippen LogP contribution in [0.4, 0.5) is 0 Å². The van der Waals surface area contributed by atoms with Crippen LogP contribution in [0.1, 0.15) is 28.2 Å². The predicted molar refractivity (Wildman–Crippen MR) is 79.7 cm³/mol. The molecule has 6 heteroatoms. The maximum Gasteiger partial charge on any atom is 0.253 e. The number of nitrogens with zero attached hydrogens (tertiary/aromatic N) is 2. The van der Waals surface area contributed by atoms with Crippen LogP contribution in [-0.2, 0) is 4.74 Å². The van der Waals surface area contributed by atoms with Crippen LogP contribution in [0, 0.1) is 13.8 Å². The van der Waals surface area contributed by atoms with Gasteiger partial charge in [0.05, 0.1) is 5.56 Å². The van der Waals surface area contributed by atoms with Crippen molar-refractivity contribution in [2.24, 2.45) is 0 Å². The molecular formula is C14H19N3O2S. The topological polar surface area (TPSA) is 56.1 Å². The Morgan fingerprint density at radius 1 is 1.50 bits per heavy atom. The molecule has 2 rings (SSSR count). The summed E-state index contributed by atoms with van der Waals surface area (Å²) in [5.74, 6) is -0.0444. The van der Waals surface area contributed by atoms with Crippen molar-refractivity contribution in [2.45, 2.75) is 20.3 Å². The van der Waals surface area contributed by atoms with Gasteiger partial charge in [-0.05, 0) is 26.3 Å². The molecule has 0 saturated carbocycles. The molecular weight excluding hydrogens is 274 g/mol. The molecule has 0 aliphatic heterocycles. The average molecular weight is 293 g/mol. The van der Waals surface area contributed by atoms with E-state index in [1.807, 2.05) is 29.9 Å². The lowest BCUT2D eigenvalue weighted by Gasteiger charge is -2.06. The van der Waals surface area contributed by atoms with Gasteiger partial charge in [0.1, 0.15) is 0 Å². The van der Waals surface area contributed by atoms with Crippen LogP contribution in [0.15, 0.2) is 17.6 Å². The Morgan fingerprint density at radius 3 is 2.95 bits per heavy atom. The Labute approximate surface area is 122 Å². The summed E-state index contributed by atoms with van der Waals surface area (Å²) in [5, 5.41) is 5.73. The van der Waals surface area contributed by atoms with Crippen molar-refractivity contribution in [1.29, 1.82) is 0 Å². The fraction of sp³-hybridized carbons (Fsp3) is 0.429. The molecule has 0 saturated heterocycles. The molecule has 0 aromatic carbocycles. The van der Waals surface area contributed by atoms with Crippen molar-refractivity contribution in [3.63, 3.8) is 0 Å². The quantitative estimate of drug-likeness (QED) is 0.832. The van der Waals surface area contributed by atoms with E-state index in [0.717, 1.165) is 22.9 Å². The van der Waals surface area contributed by atoms with E-state index in [0.29, 0.717) is 18.7 Å². The van der Waals surface area contributed by atoms with Crippen molar-refractivity contribution < 1.29 is 9.53 Å². The summed E-state index contributed by atoms with van der Waals surface area (Å²) in [7, 11) is 1.66. The predicted octanol–water partition coefficient (Wildman–Crippen LogP) is 2.32. The lowest BCUT2D eigenvalue weighted by molar-refractivity contribution is 0.0948. The van der Waals surface area contributed by atoms with Crippen molar-refractivity contribution in [2.75, 3.05) is 20.3 Å². The highest BCUT2D eigenvalue weighted by atomic mass is 32.1. The number of carbonyl (C=O) groups excluding carboxylic acids is 1. The Kier molecular flexibility index (Phi) is 4.92. The van der Waals surface area contributed by atoms with Gasteiger partial charge < -0.3 is 10.1 Å². The first kappa shape index (κ1) is 14.7. The molecule has 20 heavy (non-hydrogen) atoms.